The molecular formula is C8H7BN2S. The predicted molar refractivity (Wildman–Crippen MR) is 53.3 cm³/mol. The molecule has 0 fully saturated rings. The molecule has 1 N–H and O–H groups in total. The Bertz CT molecular complexity index is 410. The number of benzene rings is 1. The Hall–Kier alpha value is -0.895. The largest absolute Gasteiger partial charge is 0.333 e. The van der Waals surface area contributed by atoms with Gasteiger partial charge in [-0.15, -0.1) is 0 Å². The smallest absolute Gasteiger partial charge is 0.166 e. The van der Waals surface area contributed by atoms with Gasteiger partial charge in [0.2, 0.25) is 0 Å². The first-order valence-electron chi connectivity index (χ1n) is 3.59. The molecule has 0 unspecified atom stereocenters. The molecule has 0 saturated heterocycles. The van der Waals surface area contributed by atoms with Gasteiger partial charge < -0.3 is 4.98 Å². The Morgan fingerprint density at radius 1 is 1.50 bits per heavy atom. The first kappa shape index (κ1) is 7.74. The number of rotatable bonds is 1. The molecule has 0 aliphatic carbocycles. The number of nitrogens with zero attached hydrogens (tertiary/aromatic N) is 1. The zero-order valence-corrected chi connectivity index (χ0v) is 7.48. The van der Waals surface area contributed by atoms with Crippen LogP contribution in [0.3, 0.4) is 0 Å². The van der Waals surface area contributed by atoms with Gasteiger partial charge in [0.15, 0.2) is 5.16 Å². The summed E-state index contributed by atoms with van der Waals surface area (Å²) in [7, 11) is 5.62. The Kier molecular flexibility index (Phi) is 1.85. The lowest BCUT2D eigenvalue weighted by atomic mass is 9.96. The molecule has 1 aromatic carbocycles. The van der Waals surface area contributed by atoms with Gasteiger partial charge in [-0.2, -0.15) is 0 Å². The fourth-order valence-corrected chi connectivity index (χ4v) is 1.50. The predicted octanol–water partition coefficient (Wildman–Crippen LogP) is 1.08. The Morgan fingerprint density at radius 2 is 2.33 bits per heavy atom. The average Bonchev–Trinajstić information content (AvgIpc) is 2.46. The number of thioether (sulfide) groups is 1. The van der Waals surface area contributed by atoms with Crippen molar-refractivity contribution in [2.45, 2.75) is 5.16 Å². The minimum absolute atomic E-state index is 0.763. The van der Waals surface area contributed by atoms with Gasteiger partial charge in [0.25, 0.3) is 0 Å². The van der Waals surface area contributed by atoms with Crippen molar-refractivity contribution in [1.82, 2.24) is 9.97 Å². The lowest BCUT2D eigenvalue weighted by Gasteiger charge is -1.89. The van der Waals surface area contributed by atoms with Crippen LogP contribution in [0, 0.1) is 0 Å². The zero-order valence-electron chi connectivity index (χ0n) is 6.66. The molecule has 2 radical (unpaired) electrons. The summed E-state index contributed by atoms with van der Waals surface area (Å²) in [5.41, 5.74) is 2.73. The highest BCUT2D eigenvalue weighted by Gasteiger charge is 1.99. The molecule has 0 atom stereocenters. The molecule has 2 aromatic rings. The van der Waals surface area contributed by atoms with Gasteiger partial charge in [0, 0.05) is 0 Å². The van der Waals surface area contributed by atoms with E-state index in [1.807, 2.05) is 24.5 Å². The van der Waals surface area contributed by atoms with E-state index < -0.39 is 0 Å². The molecule has 4 heteroatoms. The van der Waals surface area contributed by atoms with Crippen molar-refractivity contribution in [1.29, 1.82) is 0 Å². The standard InChI is InChI=1S/C8H7BN2S/c1-12-8-10-6-3-2-5(9)4-7(6)11-8/h2-4H,1H3,(H,10,11). The van der Waals surface area contributed by atoms with E-state index in [9.17, 15) is 0 Å². The van der Waals surface area contributed by atoms with Crippen LogP contribution in [-0.2, 0) is 0 Å². The second-order valence-electron chi connectivity index (χ2n) is 2.52. The summed E-state index contributed by atoms with van der Waals surface area (Å²) in [6, 6.07) is 5.66. The third-order valence-corrected chi connectivity index (χ3v) is 2.26. The van der Waals surface area contributed by atoms with Gasteiger partial charge in [-0.05, 0) is 18.4 Å². The van der Waals surface area contributed by atoms with Crippen LogP contribution in [0.2, 0.25) is 0 Å². The third-order valence-electron chi connectivity index (χ3n) is 1.68. The molecule has 0 bridgehead atoms. The van der Waals surface area contributed by atoms with E-state index in [1.165, 1.54) is 0 Å². The van der Waals surface area contributed by atoms with Crippen molar-refractivity contribution in [3.8, 4) is 0 Å². The SMILES string of the molecule is [B]c1ccc2nc(SC)[nH]c2c1. The Labute approximate surface area is 76.2 Å². The summed E-state index contributed by atoms with van der Waals surface area (Å²) >= 11 is 1.59. The number of H-pyrrole nitrogens is 1. The van der Waals surface area contributed by atoms with Crippen LogP contribution in [-0.4, -0.2) is 24.1 Å². The van der Waals surface area contributed by atoms with Crippen LogP contribution < -0.4 is 5.46 Å². The van der Waals surface area contributed by atoms with Gasteiger partial charge in [-0.25, -0.2) is 4.98 Å². The van der Waals surface area contributed by atoms with Crippen molar-refractivity contribution in [2.75, 3.05) is 6.26 Å². The van der Waals surface area contributed by atoms with Crippen LogP contribution in [0.5, 0.6) is 0 Å². The second kappa shape index (κ2) is 2.86. The van der Waals surface area contributed by atoms with Crippen molar-refractivity contribution < 1.29 is 0 Å². The average molecular weight is 174 g/mol. The summed E-state index contributed by atoms with van der Waals surface area (Å²) in [6.45, 7) is 0. The molecule has 0 saturated carbocycles. The normalized spacial score (nSPS) is 10.8. The summed E-state index contributed by atoms with van der Waals surface area (Å²) in [4.78, 5) is 7.48. The molecule has 1 aromatic heterocycles. The van der Waals surface area contributed by atoms with Gasteiger partial charge >= 0.3 is 0 Å². The molecule has 0 aliphatic rings. The van der Waals surface area contributed by atoms with Crippen LogP contribution in [0.4, 0.5) is 0 Å². The van der Waals surface area contributed by atoms with Crippen molar-refractivity contribution in [2.24, 2.45) is 0 Å². The number of imidazole rings is 1. The Morgan fingerprint density at radius 3 is 3.08 bits per heavy atom. The fourth-order valence-electron chi connectivity index (χ4n) is 1.10. The molecule has 2 rings (SSSR count). The molecule has 12 heavy (non-hydrogen) atoms. The maximum atomic E-state index is 5.62. The van der Waals surface area contributed by atoms with Gasteiger partial charge in [-0.1, -0.05) is 23.3 Å². The van der Waals surface area contributed by atoms with E-state index in [-0.39, 0.29) is 0 Å². The van der Waals surface area contributed by atoms with E-state index in [2.05, 4.69) is 9.97 Å². The molecule has 1 heterocycles. The van der Waals surface area contributed by atoms with Crippen LogP contribution in [0.1, 0.15) is 0 Å². The van der Waals surface area contributed by atoms with Crippen LogP contribution >= 0.6 is 11.8 Å². The highest BCUT2D eigenvalue weighted by atomic mass is 32.2. The van der Waals surface area contributed by atoms with Gasteiger partial charge in [-0.3, -0.25) is 0 Å². The van der Waals surface area contributed by atoms with Gasteiger partial charge in [0.1, 0.15) is 7.85 Å². The lowest BCUT2D eigenvalue weighted by molar-refractivity contribution is 1.09. The van der Waals surface area contributed by atoms with Crippen molar-refractivity contribution >= 4 is 36.1 Å². The van der Waals surface area contributed by atoms with Gasteiger partial charge in [0.05, 0.1) is 11.0 Å². The Balaban J connectivity index is 2.67. The van der Waals surface area contributed by atoms with E-state index in [0.29, 0.717) is 0 Å². The number of nitrogens with one attached hydrogen (secondary N) is 1. The second-order valence-corrected chi connectivity index (χ2v) is 3.32. The highest BCUT2D eigenvalue weighted by molar-refractivity contribution is 7.98. The van der Waals surface area contributed by atoms with Crippen LogP contribution in [0.15, 0.2) is 23.4 Å². The first-order chi connectivity index (χ1) is 5.79. The van der Waals surface area contributed by atoms with E-state index >= 15 is 0 Å². The quantitative estimate of drug-likeness (QED) is 0.517. The maximum absolute atomic E-state index is 5.62. The van der Waals surface area contributed by atoms with Crippen molar-refractivity contribution in [3.05, 3.63) is 18.2 Å². The lowest BCUT2D eigenvalue weighted by Crippen LogP contribution is -1.99. The minimum Gasteiger partial charge on any atom is -0.333 e. The van der Waals surface area contributed by atoms with Crippen molar-refractivity contribution in [3.63, 3.8) is 0 Å². The zero-order chi connectivity index (χ0) is 8.55. The minimum atomic E-state index is 0.763. The summed E-state index contributed by atoms with van der Waals surface area (Å²) in [5, 5.41) is 0.926. The molecular weight excluding hydrogens is 167 g/mol. The summed E-state index contributed by atoms with van der Waals surface area (Å²) < 4.78 is 0. The maximum Gasteiger partial charge on any atom is 0.166 e. The van der Waals surface area contributed by atoms with E-state index in [1.54, 1.807) is 11.8 Å². The molecule has 0 spiro atoms. The highest BCUT2D eigenvalue weighted by Crippen LogP contribution is 2.15. The molecule has 2 nitrogen and oxygen atoms in total. The molecule has 0 amide bonds. The topological polar surface area (TPSA) is 28.7 Å². The number of aromatic nitrogens is 2. The number of fused-ring (bicyclic) bond motifs is 1. The number of hydrogen-bond donors (Lipinski definition) is 1. The summed E-state index contributed by atoms with van der Waals surface area (Å²) in [6.07, 6.45) is 1.99. The molecule has 58 valence electrons. The van der Waals surface area contributed by atoms with E-state index in [0.717, 1.165) is 21.7 Å². The molecule has 0 aliphatic heterocycles. The number of aromatic amines is 1. The monoisotopic (exact) mass is 174 g/mol. The number of hydrogen-bond acceptors (Lipinski definition) is 2. The first-order valence-corrected chi connectivity index (χ1v) is 4.81. The van der Waals surface area contributed by atoms with E-state index in [4.69, 9.17) is 7.85 Å². The summed E-state index contributed by atoms with van der Waals surface area (Å²) in [5.74, 6) is 0. The van der Waals surface area contributed by atoms with Crippen LogP contribution in [0.25, 0.3) is 11.0 Å². The third kappa shape index (κ3) is 1.22. The fraction of sp³-hybridized carbons (Fsp3) is 0.125.